The minimum absolute atomic E-state index is 0.321. The Hall–Kier alpha value is -2.47. The fraction of sp³-hybridized carbons (Fsp3) is 0.263. The zero-order valence-corrected chi connectivity index (χ0v) is 17.1. The third-order valence-electron chi connectivity index (χ3n) is 3.86. The fourth-order valence-corrected chi connectivity index (χ4v) is 3.09. The molecule has 7 heteroatoms. The van der Waals surface area contributed by atoms with Crippen molar-refractivity contribution in [2.75, 3.05) is 21.3 Å². The standard InChI is InChI=1S/C19H19IN2O4/c1-11-6-5-7-13(17(11)20)19(23)22-14(10-21)12-8-15(24-2)18(26-4)16(9-12)25-3/h5-9,14H,1-4H3,(H,22,23). The number of aryl methyl sites for hydroxylation is 1. The number of nitrogens with one attached hydrogen (secondary N) is 1. The molecule has 0 aliphatic rings. The van der Waals surface area contributed by atoms with E-state index in [-0.39, 0.29) is 5.91 Å². The third kappa shape index (κ3) is 4.02. The van der Waals surface area contributed by atoms with Crippen LogP contribution in [0.5, 0.6) is 17.2 Å². The average Bonchev–Trinajstić information content (AvgIpc) is 2.66. The maximum absolute atomic E-state index is 12.6. The number of benzene rings is 2. The van der Waals surface area contributed by atoms with Crippen molar-refractivity contribution >= 4 is 28.5 Å². The molecule has 0 aliphatic heterocycles. The van der Waals surface area contributed by atoms with Crippen LogP contribution < -0.4 is 19.5 Å². The van der Waals surface area contributed by atoms with Crippen LogP contribution in [0.4, 0.5) is 0 Å². The molecule has 6 nitrogen and oxygen atoms in total. The molecule has 0 bridgehead atoms. The number of amides is 1. The molecule has 0 aliphatic carbocycles. The number of ether oxygens (including phenoxy) is 3. The summed E-state index contributed by atoms with van der Waals surface area (Å²) in [5, 5.41) is 12.3. The molecule has 0 fully saturated rings. The van der Waals surface area contributed by atoms with E-state index in [1.165, 1.54) is 21.3 Å². The highest BCUT2D eigenvalue weighted by Gasteiger charge is 2.21. The molecule has 2 aromatic carbocycles. The molecule has 2 aromatic rings. The van der Waals surface area contributed by atoms with Crippen molar-refractivity contribution < 1.29 is 19.0 Å². The molecule has 1 atom stereocenters. The molecule has 0 spiro atoms. The topological polar surface area (TPSA) is 80.6 Å². The van der Waals surface area contributed by atoms with Gasteiger partial charge in [-0.1, -0.05) is 12.1 Å². The van der Waals surface area contributed by atoms with E-state index in [1.54, 1.807) is 18.2 Å². The van der Waals surface area contributed by atoms with E-state index in [1.807, 2.05) is 19.1 Å². The number of hydrogen-bond acceptors (Lipinski definition) is 5. The van der Waals surface area contributed by atoms with Crippen LogP contribution in [0.15, 0.2) is 30.3 Å². The van der Waals surface area contributed by atoms with Gasteiger partial charge in [0, 0.05) is 3.57 Å². The monoisotopic (exact) mass is 466 g/mol. The Morgan fingerprint density at radius 2 is 1.77 bits per heavy atom. The van der Waals surface area contributed by atoms with Crippen LogP contribution in [0.3, 0.4) is 0 Å². The van der Waals surface area contributed by atoms with Crippen molar-refractivity contribution in [2.45, 2.75) is 13.0 Å². The molecule has 0 heterocycles. The van der Waals surface area contributed by atoms with Crippen molar-refractivity contribution in [3.05, 3.63) is 50.6 Å². The fourth-order valence-electron chi connectivity index (χ4n) is 2.49. The highest BCUT2D eigenvalue weighted by atomic mass is 127. The predicted octanol–water partition coefficient (Wildman–Crippen LogP) is 3.62. The molecule has 2 rings (SSSR count). The quantitative estimate of drug-likeness (QED) is 0.658. The van der Waals surface area contributed by atoms with E-state index in [4.69, 9.17) is 14.2 Å². The molecule has 1 N–H and O–H groups in total. The van der Waals surface area contributed by atoms with Gasteiger partial charge in [-0.05, 0) is 58.8 Å². The number of halogens is 1. The summed E-state index contributed by atoms with van der Waals surface area (Å²) in [5.74, 6) is 0.941. The number of hydrogen-bond donors (Lipinski definition) is 1. The van der Waals surface area contributed by atoms with Crippen LogP contribution in [-0.2, 0) is 0 Å². The minimum atomic E-state index is -0.868. The summed E-state index contributed by atoms with van der Waals surface area (Å²) in [5.41, 5.74) is 2.07. The SMILES string of the molecule is COc1cc(C(C#N)NC(=O)c2cccc(C)c2I)cc(OC)c1OC. The molecule has 26 heavy (non-hydrogen) atoms. The lowest BCUT2D eigenvalue weighted by Gasteiger charge is -2.18. The molecule has 1 amide bonds. The number of methoxy groups -OCH3 is 3. The van der Waals surface area contributed by atoms with Gasteiger partial charge >= 0.3 is 0 Å². The summed E-state index contributed by atoms with van der Waals surface area (Å²) < 4.78 is 16.8. The van der Waals surface area contributed by atoms with Gasteiger partial charge in [0.15, 0.2) is 11.5 Å². The van der Waals surface area contributed by atoms with E-state index in [9.17, 15) is 10.1 Å². The number of carbonyl (C=O) groups excluding carboxylic acids is 1. The summed E-state index contributed by atoms with van der Waals surface area (Å²) >= 11 is 2.13. The molecule has 0 saturated carbocycles. The molecular weight excluding hydrogens is 447 g/mol. The van der Waals surface area contributed by atoms with Crippen molar-refractivity contribution in [1.82, 2.24) is 5.32 Å². The first-order chi connectivity index (χ1) is 12.5. The van der Waals surface area contributed by atoms with Gasteiger partial charge in [-0.2, -0.15) is 5.26 Å². The first-order valence-corrected chi connectivity index (χ1v) is 8.80. The Bertz CT molecular complexity index is 836. The molecule has 1 unspecified atom stereocenters. The summed E-state index contributed by atoms with van der Waals surface area (Å²) in [6.45, 7) is 1.93. The van der Waals surface area contributed by atoms with Crippen molar-refractivity contribution in [3.63, 3.8) is 0 Å². The van der Waals surface area contributed by atoms with Gasteiger partial charge in [0.25, 0.3) is 5.91 Å². The lowest BCUT2D eigenvalue weighted by Crippen LogP contribution is -2.28. The Balaban J connectivity index is 2.38. The van der Waals surface area contributed by atoms with Crippen LogP contribution in [0.1, 0.15) is 27.5 Å². The Morgan fingerprint density at radius 3 is 2.27 bits per heavy atom. The highest BCUT2D eigenvalue weighted by Crippen LogP contribution is 2.39. The van der Waals surface area contributed by atoms with Gasteiger partial charge in [0.2, 0.25) is 5.75 Å². The van der Waals surface area contributed by atoms with E-state index < -0.39 is 6.04 Å². The summed E-state index contributed by atoms with van der Waals surface area (Å²) in [6.07, 6.45) is 0. The van der Waals surface area contributed by atoms with Crippen molar-refractivity contribution in [1.29, 1.82) is 5.26 Å². The van der Waals surface area contributed by atoms with E-state index in [0.29, 0.717) is 28.4 Å². The van der Waals surface area contributed by atoms with E-state index >= 15 is 0 Å². The zero-order chi connectivity index (χ0) is 19.3. The Morgan fingerprint density at radius 1 is 1.15 bits per heavy atom. The van der Waals surface area contributed by atoms with Crippen LogP contribution in [0.2, 0.25) is 0 Å². The van der Waals surface area contributed by atoms with Gasteiger partial charge in [-0.3, -0.25) is 4.79 Å². The number of nitrogens with zero attached hydrogens (tertiary/aromatic N) is 1. The maximum Gasteiger partial charge on any atom is 0.253 e. The number of nitriles is 1. The molecule has 0 saturated heterocycles. The number of carbonyl (C=O) groups is 1. The van der Waals surface area contributed by atoms with Gasteiger partial charge in [-0.15, -0.1) is 0 Å². The molecular formula is C19H19IN2O4. The lowest BCUT2D eigenvalue weighted by atomic mass is 10.1. The largest absolute Gasteiger partial charge is 0.493 e. The van der Waals surface area contributed by atoms with Crippen LogP contribution in [-0.4, -0.2) is 27.2 Å². The van der Waals surface area contributed by atoms with E-state index in [2.05, 4.69) is 34.0 Å². The summed E-state index contributed by atoms with van der Waals surface area (Å²) in [7, 11) is 4.50. The van der Waals surface area contributed by atoms with Crippen molar-refractivity contribution in [3.8, 4) is 23.3 Å². The second-order valence-electron chi connectivity index (χ2n) is 5.43. The molecule has 0 radical (unpaired) electrons. The zero-order valence-electron chi connectivity index (χ0n) is 14.9. The summed E-state index contributed by atoms with van der Waals surface area (Å²) in [4.78, 5) is 12.6. The highest BCUT2D eigenvalue weighted by molar-refractivity contribution is 14.1. The second-order valence-corrected chi connectivity index (χ2v) is 6.51. The second kappa shape index (κ2) is 8.76. The van der Waals surface area contributed by atoms with Crippen LogP contribution >= 0.6 is 22.6 Å². The molecule has 136 valence electrons. The Kier molecular flexibility index (Phi) is 6.69. The predicted molar refractivity (Wildman–Crippen MR) is 106 cm³/mol. The van der Waals surface area contributed by atoms with Crippen molar-refractivity contribution in [2.24, 2.45) is 0 Å². The first kappa shape index (κ1) is 19.8. The van der Waals surface area contributed by atoms with Gasteiger partial charge in [0.05, 0.1) is 33.0 Å². The summed E-state index contributed by atoms with van der Waals surface area (Å²) in [6, 6.07) is 10.0. The Labute approximate surface area is 166 Å². The van der Waals surface area contributed by atoms with E-state index in [0.717, 1.165) is 9.13 Å². The average molecular weight is 466 g/mol. The van der Waals surface area contributed by atoms with Gasteiger partial charge < -0.3 is 19.5 Å². The first-order valence-electron chi connectivity index (χ1n) is 7.72. The molecule has 0 aromatic heterocycles. The minimum Gasteiger partial charge on any atom is -0.493 e. The number of rotatable bonds is 6. The normalized spacial score (nSPS) is 11.2. The third-order valence-corrected chi connectivity index (χ3v) is 5.29. The van der Waals surface area contributed by atoms with Crippen LogP contribution in [0, 0.1) is 21.8 Å². The van der Waals surface area contributed by atoms with Gasteiger partial charge in [0.1, 0.15) is 6.04 Å². The van der Waals surface area contributed by atoms with Crippen LogP contribution in [0.25, 0.3) is 0 Å². The smallest absolute Gasteiger partial charge is 0.253 e. The maximum atomic E-state index is 12.6. The lowest BCUT2D eigenvalue weighted by molar-refractivity contribution is 0.0944. The van der Waals surface area contributed by atoms with Gasteiger partial charge in [-0.25, -0.2) is 0 Å².